The fraction of sp³-hybridized carbons (Fsp3) is 0.300. The van der Waals surface area contributed by atoms with Crippen LogP contribution < -0.4 is 16.0 Å². The van der Waals surface area contributed by atoms with E-state index in [1.165, 1.54) is 23.9 Å². The summed E-state index contributed by atoms with van der Waals surface area (Å²) in [5.74, 6) is -0.659. The third kappa shape index (κ3) is 5.37. The SMILES string of the molecule is Cc1ccc(S(=O)(=O)C2CNC(SCC(=O)Nc3cccc(C)c3)NC2=O)cc1. The van der Waals surface area contributed by atoms with Gasteiger partial charge < -0.3 is 10.6 Å². The molecule has 1 heterocycles. The molecule has 0 radical (unpaired) electrons. The second-order valence-electron chi connectivity index (χ2n) is 6.87. The van der Waals surface area contributed by atoms with E-state index in [4.69, 9.17) is 0 Å². The number of hydrogen-bond acceptors (Lipinski definition) is 6. The normalized spacial score (nSPS) is 19.4. The monoisotopic (exact) mass is 433 g/mol. The zero-order valence-electron chi connectivity index (χ0n) is 16.1. The number of anilines is 1. The first-order valence-electron chi connectivity index (χ1n) is 9.08. The number of amides is 2. The molecule has 1 aliphatic rings. The van der Waals surface area contributed by atoms with Crippen LogP contribution in [0.25, 0.3) is 0 Å². The minimum absolute atomic E-state index is 0.0147. The molecule has 0 spiro atoms. The maximum Gasteiger partial charge on any atom is 0.241 e. The Labute approximate surface area is 174 Å². The summed E-state index contributed by atoms with van der Waals surface area (Å²) in [6.45, 7) is 3.79. The van der Waals surface area contributed by atoms with Crippen LogP contribution in [0, 0.1) is 13.8 Å². The Morgan fingerprint density at radius 3 is 2.52 bits per heavy atom. The third-order valence-corrected chi connectivity index (χ3v) is 7.57. The number of rotatable bonds is 6. The molecule has 3 rings (SSSR count). The lowest BCUT2D eigenvalue weighted by Crippen LogP contribution is -2.59. The lowest BCUT2D eigenvalue weighted by molar-refractivity contribution is -0.122. The first-order valence-corrected chi connectivity index (χ1v) is 11.7. The van der Waals surface area contributed by atoms with Crippen molar-refractivity contribution in [3.05, 3.63) is 59.7 Å². The molecular formula is C20H23N3O4S2. The summed E-state index contributed by atoms with van der Waals surface area (Å²) in [6.07, 6.45) is 0. The molecule has 1 saturated heterocycles. The second-order valence-corrected chi connectivity index (χ2v) is 10.1. The number of carbonyl (C=O) groups is 2. The largest absolute Gasteiger partial charge is 0.331 e. The molecule has 2 aromatic carbocycles. The lowest BCUT2D eigenvalue weighted by Gasteiger charge is -2.29. The molecule has 2 amide bonds. The van der Waals surface area contributed by atoms with Crippen LogP contribution in [-0.4, -0.2) is 43.3 Å². The minimum Gasteiger partial charge on any atom is -0.331 e. The number of aryl methyl sites for hydroxylation is 2. The average Bonchev–Trinajstić information content (AvgIpc) is 2.66. The molecule has 0 aromatic heterocycles. The van der Waals surface area contributed by atoms with Crippen LogP contribution >= 0.6 is 11.8 Å². The van der Waals surface area contributed by atoms with E-state index in [-0.39, 0.29) is 23.1 Å². The van der Waals surface area contributed by atoms with E-state index in [1.54, 1.807) is 18.2 Å². The Morgan fingerprint density at radius 1 is 1.14 bits per heavy atom. The van der Waals surface area contributed by atoms with Gasteiger partial charge in [-0.05, 0) is 43.7 Å². The molecule has 1 fully saturated rings. The molecule has 3 N–H and O–H groups in total. The Morgan fingerprint density at radius 2 is 1.86 bits per heavy atom. The highest BCUT2D eigenvalue weighted by Gasteiger charge is 2.38. The second kappa shape index (κ2) is 8.98. The van der Waals surface area contributed by atoms with E-state index >= 15 is 0 Å². The molecule has 154 valence electrons. The predicted octanol–water partition coefficient (Wildman–Crippen LogP) is 1.82. The first-order chi connectivity index (χ1) is 13.8. The molecule has 0 bridgehead atoms. The van der Waals surface area contributed by atoms with E-state index in [2.05, 4.69) is 16.0 Å². The van der Waals surface area contributed by atoms with Gasteiger partial charge in [-0.1, -0.05) is 29.8 Å². The molecule has 7 nitrogen and oxygen atoms in total. The van der Waals surface area contributed by atoms with Crippen LogP contribution in [0.15, 0.2) is 53.4 Å². The van der Waals surface area contributed by atoms with Crippen molar-refractivity contribution < 1.29 is 18.0 Å². The van der Waals surface area contributed by atoms with E-state index in [9.17, 15) is 18.0 Å². The Hall–Kier alpha value is -2.36. The number of carbonyl (C=O) groups excluding carboxylic acids is 2. The van der Waals surface area contributed by atoms with E-state index in [0.29, 0.717) is 5.69 Å². The van der Waals surface area contributed by atoms with Gasteiger partial charge in [-0.25, -0.2) is 8.42 Å². The summed E-state index contributed by atoms with van der Waals surface area (Å²) in [7, 11) is -3.79. The molecule has 29 heavy (non-hydrogen) atoms. The van der Waals surface area contributed by atoms with Crippen molar-refractivity contribution in [2.24, 2.45) is 0 Å². The maximum atomic E-state index is 12.7. The fourth-order valence-corrected chi connectivity index (χ4v) is 5.22. The molecule has 2 atom stereocenters. The van der Waals surface area contributed by atoms with Gasteiger partial charge in [0.05, 0.1) is 10.6 Å². The molecule has 1 aliphatic heterocycles. The third-order valence-electron chi connectivity index (χ3n) is 4.46. The quantitative estimate of drug-likeness (QED) is 0.642. The number of hydrogen-bond donors (Lipinski definition) is 3. The van der Waals surface area contributed by atoms with E-state index in [0.717, 1.165) is 11.1 Å². The predicted molar refractivity (Wildman–Crippen MR) is 114 cm³/mol. The van der Waals surface area contributed by atoms with Crippen molar-refractivity contribution in [3.8, 4) is 0 Å². The summed E-state index contributed by atoms with van der Waals surface area (Å²) in [6, 6.07) is 13.9. The summed E-state index contributed by atoms with van der Waals surface area (Å²) in [5, 5.41) is 7.21. The Bertz CT molecular complexity index is 1010. The van der Waals surface area contributed by atoms with Crippen LogP contribution in [0.4, 0.5) is 5.69 Å². The van der Waals surface area contributed by atoms with Gasteiger partial charge in [-0.3, -0.25) is 14.9 Å². The molecule has 0 aliphatic carbocycles. The van der Waals surface area contributed by atoms with Gasteiger partial charge in [-0.2, -0.15) is 0 Å². The van der Waals surface area contributed by atoms with Gasteiger partial charge in [-0.15, -0.1) is 11.8 Å². The first kappa shape index (κ1) is 21.4. The maximum absolute atomic E-state index is 12.7. The van der Waals surface area contributed by atoms with Gasteiger partial charge in [0.1, 0.15) is 5.50 Å². The molecule has 9 heteroatoms. The van der Waals surface area contributed by atoms with Crippen molar-refractivity contribution in [1.29, 1.82) is 0 Å². The van der Waals surface area contributed by atoms with Crippen molar-refractivity contribution in [1.82, 2.24) is 10.6 Å². The molecular weight excluding hydrogens is 410 g/mol. The highest BCUT2D eigenvalue weighted by Crippen LogP contribution is 2.20. The zero-order chi connectivity index (χ0) is 21.0. The van der Waals surface area contributed by atoms with Crippen molar-refractivity contribution >= 4 is 39.1 Å². The van der Waals surface area contributed by atoms with Crippen LogP contribution in [0.5, 0.6) is 0 Å². The van der Waals surface area contributed by atoms with Gasteiger partial charge in [0.15, 0.2) is 15.1 Å². The molecule has 2 aromatic rings. The number of thioether (sulfide) groups is 1. The summed E-state index contributed by atoms with van der Waals surface area (Å²) < 4.78 is 25.5. The fourth-order valence-electron chi connectivity index (χ4n) is 2.90. The topological polar surface area (TPSA) is 104 Å². The zero-order valence-corrected chi connectivity index (χ0v) is 17.8. The highest BCUT2D eigenvalue weighted by atomic mass is 32.2. The number of sulfone groups is 1. The van der Waals surface area contributed by atoms with E-state index in [1.807, 2.05) is 32.0 Å². The summed E-state index contributed by atoms with van der Waals surface area (Å²) in [4.78, 5) is 24.7. The van der Waals surface area contributed by atoms with Crippen molar-refractivity contribution in [2.45, 2.75) is 29.5 Å². The van der Waals surface area contributed by atoms with Crippen LogP contribution in [0.1, 0.15) is 11.1 Å². The van der Waals surface area contributed by atoms with Crippen LogP contribution in [-0.2, 0) is 19.4 Å². The Kier molecular flexibility index (Phi) is 6.61. The summed E-state index contributed by atoms with van der Waals surface area (Å²) in [5.41, 5.74) is 2.16. The smallest absolute Gasteiger partial charge is 0.241 e. The standard InChI is InChI=1S/C20H23N3O4S2/c1-13-6-8-16(9-7-13)29(26,27)17-11-21-20(23-19(17)25)28-12-18(24)22-15-5-3-4-14(2)10-15/h3-10,17,20-21H,11-12H2,1-2H3,(H,22,24)(H,23,25). The van der Waals surface area contributed by atoms with Crippen LogP contribution in [0.3, 0.4) is 0 Å². The molecule has 2 unspecified atom stereocenters. The lowest BCUT2D eigenvalue weighted by atomic mass is 10.2. The Balaban J connectivity index is 1.54. The van der Waals surface area contributed by atoms with Gasteiger partial charge in [0, 0.05) is 12.2 Å². The highest BCUT2D eigenvalue weighted by molar-refractivity contribution is 8.00. The van der Waals surface area contributed by atoms with Crippen molar-refractivity contribution in [2.75, 3.05) is 17.6 Å². The van der Waals surface area contributed by atoms with E-state index < -0.39 is 26.5 Å². The van der Waals surface area contributed by atoms with Gasteiger partial charge >= 0.3 is 0 Å². The minimum atomic E-state index is -3.79. The van der Waals surface area contributed by atoms with Gasteiger partial charge in [0.25, 0.3) is 0 Å². The average molecular weight is 434 g/mol. The van der Waals surface area contributed by atoms with Crippen LogP contribution in [0.2, 0.25) is 0 Å². The van der Waals surface area contributed by atoms with Crippen molar-refractivity contribution in [3.63, 3.8) is 0 Å². The summed E-state index contributed by atoms with van der Waals surface area (Å²) >= 11 is 1.19. The van der Waals surface area contributed by atoms with Gasteiger partial charge in [0.2, 0.25) is 11.8 Å². The number of benzene rings is 2. The molecule has 0 saturated carbocycles. The number of nitrogens with one attached hydrogen (secondary N) is 3.